The first-order valence-corrected chi connectivity index (χ1v) is 9.48. The zero-order valence-electron chi connectivity index (χ0n) is 13.9. The molecule has 0 aliphatic heterocycles. The molecule has 2 aromatic rings. The highest BCUT2D eigenvalue weighted by Gasteiger charge is 2.19. The number of rotatable bonds is 7. The van der Waals surface area contributed by atoms with Crippen LogP contribution in [0.1, 0.15) is 23.7 Å². The Labute approximate surface area is 152 Å². The molecule has 0 saturated carbocycles. The highest BCUT2D eigenvalue weighted by molar-refractivity contribution is 7.92. The molecule has 2 aromatic carbocycles. The molecule has 0 atom stereocenters. The number of methoxy groups -OCH3 is 1. The molecule has 0 unspecified atom stereocenters. The molecule has 0 heterocycles. The van der Waals surface area contributed by atoms with Crippen LogP contribution < -0.4 is 14.8 Å². The van der Waals surface area contributed by atoms with Gasteiger partial charge in [-0.05, 0) is 36.8 Å². The fourth-order valence-corrected chi connectivity index (χ4v) is 3.55. The standard InChI is InChI=1S/C17H19ClN2O4S/c1-3-10-19-17(21)13-6-4-5-7-15(13)20-25(22,23)12-8-9-16(24-2)14(18)11-12/h4-9,11,20H,3,10H2,1-2H3,(H,19,21). The molecule has 2 N–H and O–H groups in total. The van der Waals surface area contributed by atoms with E-state index in [0.29, 0.717) is 12.3 Å². The van der Waals surface area contributed by atoms with Gasteiger partial charge in [-0.15, -0.1) is 0 Å². The zero-order chi connectivity index (χ0) is 18.4. The van der Waals surface area contributed by atoms with E-state index in [1.54, 1.807) is 18.2 Å². The van der Waals surface area contributed by atoms with Gasteiger partial charge in [0, 0.05) is 6.54 Å². The first-order valence-electron chi connectivity index (χ1n) is 7.62. The molecule has 0 bridgehead atoms. The van der Waals surface area contributed by atoms with Crippen LogP contribution in [0.2, 0.25) is 5.02 Å². The third-order valence-electron chi connectivity index (χ3n) is 3.39. The predicted octanol–water partition coefficient (Wildman–Crippen LogP) is 3.29. The number of ether oxygens (including phenoxy) is 1. The number of benzene rings is 2. The zero-order valence-corrected chi connectivity index (χ0v) is 15.4. The van der Waals surface area contributed by atoms with Crippen molar-refractivity contribution in [2.45, 2.75) is 18.2 Å². The van der Waals surface area contributed by atoms with E-state index in [9.17, 15) is 13.2 Å². The number of hydrogen-bond donors (Lipinski definition) is 2. The van der Waals surface area contributed by atoms with E-state index in [2.05, 4.69) is 10.0 Å². The Balaban J connectivity index is 2.32. The second-order valence-electron chi connectivity index (χ2n) is 5.20. The summed E-state index contributed by atoms with van der Waals surface area (Å²) in [5.41, 5.74) is 0.446. The highest BCUT2D eigenvalue weighted by Crippen LogP contribution is 2.28. The van der Waals surface area contributed by atoms with Gasteiger partial charge in [0.05, 0.1) is 28.3 Å². The number of nitrogens with one attached hydrogen (secondary N) is 2. The van der Waals surface area contributed by atoms with Gasteiger partial charge in [-0.25, -0.2) is 8.42 Å². The van der Waals surface area contributed by atoms with Crippen LogP contribution in [-0.4, -0.2) is 28.0 Å². The Bertz CT molecular complexity index is 869. The third-order valence-corrected chi connectivity index (χ3v) is 5.04. The summed E-state index contributed by atoms with van der Waals surface area (Å²) in [6.45, 7) is 2.44. The predicted molar refractivity (Wildman–Crippen MR) is 97.9 cm³/mol. The van der Waals surface area contributed by atoms with E-state index < -0.39 is 10.0 Å². The second kappa shape index (κ2) is 8.22. The summed E-state index contributed by atoms with van der Waals surface area (Å²) in [5.74, 6) is 0.0351. The van der Waals surface area contributed by atoms with Gasteiger partial charge in [-0.2, -0.15) is 0 Å². The van der Waals surface area contributed by atoms with Gasteiger partial charge >= 0.3 is 0 Å². The maximum absolute atomic E-state index is 12.6. The van der Waals surface area contributed by atoms with Gasteiger partial charge in [-0.3, -0.25) is 9.52 Å². The first kappa shape index (κ1) is 19.1. The molecule has 2 rings (SSSR count). The molecular formula is C17H19ClN2O4S. The van der Waals surface area contributed by atoms with E-state index in [0.717, 1.165) is 6.42 Å². The van der Waals surface area contributed by atoms with Gasteiger partial charge in [0.2, 0.25) is 0 Å². The fraction of sp³-hybridized carbons (Fsp3) is 0.235. The van der Waals surface area contributed by atoms with Gasteiger partial charge < -0.3 is 10.1 Å². The van der Waals surface area contributed by atoms with Crippen molar-refractivity contribution in [3.63, 3.8) is 0 Å². The summed E-state index contributed by atoms with van der Waals surface area (Å²) >= 11 is 6.00. The Hall–Kier alpha value is -2.25. The normalized spacial score (nSPS) is 11.0. The number of carbonyl (C=O) groups is 1. The smallest absolute Gasteiger partial charge is 0.261 e. The number of para-hydroxylation sites is 1. The molecule has 134 valence electrons. The van der Waals surface area contributed by atoms with E-state index in [4.69, 9.17) is 16.3 Å². The van der Waals surface area contributed by atoms with Crippen LogP contribution in [0.3, 0.4) is 0 Å². The molecule has 0 saturated heterocycles. The summed E-state index contributed by atoms with van der Waals surface area (Å²) in [6.07, 6.45) is 0.782. The van der Waals surface area contributed by atoms with Crippen LogP contribution in [0.4, 0.5) is 5.69 Å². The molecule has 0 radical (unpaired) electrons. The largest absolute Gasteiger partial charge is 0.495 e. The minimum atomic E-state index is -3.91. The number of amides is 1. The monoisotopic (exact) mass is 382 g/mol. The van der Waals surface area contributed by atoms with E-state index in [1.807, 2.05) is 6.92 Å². The number of hydrogen-bond acceptors (Lipinski definition) is 4. The molecule has 0 aliphatic carbocycles. The number of carbonyl (C=O) groups excluding carboxylic acids is 1. The Morgan fingerprint density at radius 1 is 1.20 bits per heavy atom. The molecular weight excluding hydrogens is 364 g/mol. The van der Waals surface area contributed by atoms with Crippen LogP contribution >= 0.6 is 11.6 Å². The summed E-state index contributed by atoms with van der Waals surface area (Å²) in [7, 11) is -2.46. The average molecular weight is 383 g/mol. The van der Waals surface area contributed by atoms with Crippen LogP contribution in [0.5, 0.6) is 5.75 Å². The van der Waals surface area contributed by atoms with Crippen LogP contribution in [-0.2, 0) is 10.0 Å². The van der Waals surface area contributed by atoms with Crippen LogP contribution in [0, 0.1) is 0 Å². The molecule has 0 aromatic heterocycles. The molecule has 8 heteroatoms. The quantitative estimate of drug-likeness (QED) is 0.769. The van der Waals surface area contributed by atoms with E-state index in [1.165, 1.54) is 31.4 Å². The maximum atomic E-state index is 12.6. The lowest BCUT2D eigenvalue weighted by Crippen LogP contribution is -2.25. The van der Waals surface area contributed by atoms with Crippen molar-refractivity contribution in [2.75, 3.05) is 18.4 Å². The lowest BCUT2D eigenvalue weighted by Gasteiger charge is -2.13. The minimum absolute atomic E-state index is 0.0259. The Morgan fingerprint density at radius 2 is 1.92 bits per heavy atom. The number of sulfonamides is 1. The van der Waals surface area contributed by atoms with Crippen molar-refractivity contribution in [2.24, 2.45) is 0 Å². The highest BCUT2D eigenvalue weighted by atomic mass is 35.5. The molecule has 1 amide bonds. The lowest BCUT2D eigenvalue weighted by atomic mass is 10.1. The minimum Gasteiger partial charge on any atom is -0.495 e. The van der Waals surface area contributed by atoms with Gasteiger partial charge in [0.15, 0.2) is 0 Å². The summed E-state index contributed by atoms with van der Waals surface area (Å²) < 4.78 is 32.7. The third kappa shape index (κ3) is 4.64. The van der Waals surface area contributed by atoms with Gasteiger partial charge in [0.25, 0.3) is 15.9 Å². The Morgan fingerprint density at radius 3 is 2.56 bits per heavy atom. The number of anilines is 1. The topological polar surface area (TPSA) is 84.5 Å². The Kier molecular flexibility index (Phi) is 6.27. The fourth-order valence-electron chi connectivity index (χ4n) is 2.12. The number of halogens is 1. The van der Waals surface area contributed by atoms with Crippen LogP contribution in [0.15, 0.2) is 47.4 Å². The maximum Gasteiger partial charge on any atom is 0.261 e. The SMILES string of the molecule is CCCNC(=O)c1ccccc1NS(=O)(=O)c1ccc(OC)c(Cl)c1. The average Bonchev–Trinajstić information content (AvgIpc) is 2.59. The van der Waals surface area contributed by atoms with E-state index >= 15 is 0 Å². The van der Waals surface area contributed by atoms with Crippen molar-refractivity contribution in [1.29, 1.82) is 0 Å². The van der Waals surface area contributed by atoms with Crippen molar-refractivity contribution in [1.82, 2.24) is 5.32 Å². The molecule has 6 nitrogen and oxygen atoms in total. The second-order valence-corrected chi connectivity index (χ2v) is 7.29. The summed E-state index contributed by atoms with van der Waals surface area (Å²) in [4.78, 5) is 12.2. The summed E-state index contributed by atoms with van der Waals surface area (Å²) in [6, 6.07) is 10.6. The lowest BCUT2D eigenvalue weighted by molar-refractivity contribution is 0.0954. The summed E-state index contributed by atoms with van der Waals surface area (Å²) in [5, 5.41) is 2.91. The van der Waals surface area contributed by atoms with Crippen molar-refractivity contribution in [3.8, 4) is 5.75 Å². The van der Waals surface area contributed by atoms with Gasteiger partial charge in [0.1, 0.15) is 5.75 Å². The van der Waals surface area contributed by atoms with Crippen LogP contribution in [0.25, 0.3) is 0 Å². The van der Waals surface area contributed by atoms with Crippen molar-refractivity contribution in [3.05, 3.63) is 53.1 Å². The van der Waals surface area contributed by atoms with E-state index in [-0.39, 0.29) is 27.1 Å². The van der Waals surface area contributed by atoms with Crippen molar-refractivity contribution < 1.29 is 17.9 Å². The first-order chi connectivity index (χ1) is 11.9. The molecule has 0 spiro atoms. The van der Waals surface area contributed by atoms with Gasteiger partial charge in [-0.1, -0.05) is 30.7 Å². The molecule has 0 aliphatic rings. The molecule has 25 heavy (non-hydrogen) atoms. The molecule has 0 fully saturated rings. The van der Waals surface area contributed by atoms with Crippen molar-refractivity contribution >= 4 is 33.2 Å².